The average Bonchev–Trinajstić information content (AvgIpc) is 2.28. The van der Waals surface area contributed by atoms with Crippen molar-refractivity contribution in [3.8, 4) is 0 Å². The summed E-state index contributed by atoms with van der Waals surface area (Å²) in [5.74, 6) is 0. The highest BCUT2D eigenvalue weighted by Crippen LogP contribution is 2.09. The van der Waals surface area contributed by atoms with Crippen LogP contribution < -0.4 is 10.6 Å². The van der Waals surface area contributed by atoms with E-state index in [0.717, 1.165) is 13.1 Å². The molecule has 1 rings (SSSR count). The van der Waals surface area contributed by atoms with Gasteiger partial charge in [-0.1, -0.05) is 6.42 Å². The van der Waals surface area contributed by atoms with Crippen molar-refractivity contribution in [2.24, 2.45) is 0 Å². The van der Waals surface area contributed by atoms with E-state index in [1.807, 2.05) is 6.92 Å². The van der Waals surface area contributed by atoms with E-state index >= 15 is 0 Å². The molecule has 1 heterocycles. The highest BCUT2D eigenvalue weighted by molar-refractivity contribution is 4.79. The monoisotopic (exact) mass is 230 g/mol. The van der Waals surface area contributed by atoms with Gasteiger partial charge in [0, 0.05) is 39.3 Å². The molecular formula is C12H26N2O2. The van der Waals surface area contributed by atoms with Gasteiger partial charge in [-0.15, -0.1) is 0 Å². The number of hydrogen-bond donors (Lipinski definition) is 3. The fourth-order valence-corrected chi connectivity index (χ4v) is 2.02. The predicted molar refractivity (Wildman–Crippen MR) is 65.6 cm³/mol. The summed E-state index contributed by atoms with van der Waals surface area (Å²) < 4.78 is 4.97. The molecule has 2 atom stereocenters. The molecule has 0 saturated carbocycles. The zero-order chi connectivity index (χ0) is 11.9. The molecule has 3 N–H and O–H groups in total. The molecule has 0 aromatic rings. The number of aliphatic hydroxyl groups is 1. The van der Waals surface area contributed by atoms with Crippen molar-refractivity contribution in [1.82, 2.24) is 10.6 Å². The van der Waals surface area contributed by atoms with Crippen molar-refractivity contribution in [1.29, 1.82) is 0 Å². The number of piperidine rings is 1. The molecule has 0 amide bonds. The maximum atomic E-state index is 10.0. The molecule has 96 valence electrons. The van der Waals surface area contributed by atoms with Crippen LogP contribution in [0.1, 0.15) is 32.6 Å². The summed E-state index contributed by atoms with van der Waals surface area (Å²) in [5.41, 5.74) is -0.662. The smallest absolute Gasteiger partial charge is 0.0765 e. The van der Waals surface area contributed by atoms with Crippen molar-refractivity contribution in [3.63, 3.8) is 0 Å². The second-order valence-electron chi connectivity index (χ2n) is 5.02. The predicted octanol–water partition coefficient (Wildman–Crippen LogP) is 0.506. The third kappa shape index (κ3) is 5.80. The number of nitrogens with one attached hydrogen (secondary N) is 2. The van der Waals surface area contributed by atoms with Crippen molar-refractivity contribution in [2.45, 2.75) is 44.2 Å². The van der Waals surface area contributed by atoms with Gasteiger partial charge in [-0.3, -0.25) is 0 Å². The molecule has 4 nitrogen and oxygen atoms in total. The topological polar surface area (TPSA) is 53.5 Å². The van der Waals surface area contributed by atoms with E-state index in [9.17, 15) is 5.11 Å². The quantitative estimate of drug-likeness (QED) is 0.596. The molecule has 1 saturated heterocycles. The van der Waals surface area contributed by atoms with Gasteiger partial charge in [0.05, 0.1) is 5.60 Å². The van der Waals surface area contributed by atoms with Crippen molar-refractivity contribution < 1.29 is 9.84 Å². The van der Waals surface area contributed by atoms with Crippen LogP contribution in [0.15, 0.2) is 0 Å². The van der Waals surface area contributed by atoms with Crippen LogP contribution in [0.5, 0.6) is 0 Å². The van der Waals surface area contributed by atoms with Crippen LogP contribution in [-0.2, 0) is 4.74 Å². The summed E-state index contributed by atoms with van der Waals surface area (Å²) in [6.07, 6.45) is 4.53. The molecule has 0 aliphatic carbocycles. The number of ether oxygens (including phenoxy) is 1. The highest BCUT2D eigenvalue weighted by atomic mass is 16.5. The minimum atomic E-state index is -0.662. The molecule has 1 aliphatic heterocycles. The second-order valence-corrected chi connectivity index (χ2v) is 5.02. The molecular weight excluding hydrogens is 204 g/mol. The molecule has 1 aliphatic rings. The molecule has 0 bridgehead atoms. The lowest BCUT2D eigenvalue weighted by atomic mass is 10.0. The van der Waals surface area contributed by atoms with Gasteiger partial charge in [0.15, 0.2) is 0 Å². The Morgan fingerprint density at radius 2 is 2.31 bits per heavy atom. The fourth-order valence-electron chi connectivity index (χ4n) is 2.02. The van der Waals surface area contributed by atoms with Gasteiger partial charge >= 0.3 is 0 Å². The number of rotatable bonds is 7. The lowest BCUT2D eigenvalue weighted by molar-refractivity contribution is 0.0245. The summed E-state index contributed by atoms with van der Waals surface area (Å²) >= 11 is 0. The first-order valence-corrected chi connectivity index (χ1v) is 6.29. The Bertz CT molecular complexity index is 180. The van der Waals surface area contributed by atoms with Gasteiger partial charge in [-0.05, 0) is 26.3 Å². The third-order valence-electron chi connectivity index (χ3n) is 3.15. The molecule has 2 unspecified atom stereocenters. The summed E-state index contributed by atoms with van der Waals surface area (Å²) in [6, 6.07) is 0.576. The molecule has 0 aromatic heterocycles. The highest BCUT2D eigenvalue weighted by Gasteiger charge is 2.20. The van der Waals surface area contributed by atoms with Gasteiger partial charge < -0.3 is 20.5 Å². The summed E-state index contributed by atoms with van der Waals surface area (Å²) in [7, 11) is 1.66. The van der Waals surface area contributed by atoms with Crippen molar-refractivity contribution in [3.05, 3.63) is 0 Å². The maximum absolute atomic E-state index is 10.0. The lowest BCUT2D eigenvalue weighted by Gasteiger charge is -2.27. The standard InChI is InChI=1S/C12H26N2O2/c1-12(15,6-8-16-2)10-13-9-11-5-3-4-7-14-11/h11,13-15H,3-10H2,1-2H3. The Labute approximate surface area is 98.8 Å². The molecule has 16 heavy (non-hydrogen) atoms. The molecule has 0 spiro atoms. The zero-order valence-electron chi connectivity index (χ0n) is 10.6. The van der Waals surface area contributed by atoms with Crippen LogP contribution >= 0.6 is 0 Å². The van der Waals surface area contributed by atoms with Crippen LogP contribution in [0.2, 0.25) is 0 Å². The fraction of sp³-hybridized carbons (Fsp3) is 1.00. The Morgan fingerprint density at radius 3 is 2.94 bits per heavy atom. The normalized spacial score (nSPS) is 25.3. The van der Waals surface area contributed by atoms with E-state index in [4.69, 9.17) is 4.74 Å². The Balaban J connectivity index is 2.08. The van der Waals surface area contributed by atoms with Gasteiger partial charge in [0.2, 0.25) is 0 Å². The minimum absolute atomic E-state index is 0.576. The molecule has 0 aromatic carbocycles. The van der Waals surface area contributed by atoms with Crippen LogP contribution in [0.25, 0.3) is 0 Å². The summed E-state index contributed by atoms with van der Waals surface area (Å²) in [5, 5.41) is 16.8. The minimum Gasteiger partial charge on any atom is -0.389 e. The van der Waals surface area contributed by atoms with Crippen LogP contribution in [0.4, 0.5) is 0 Å². The first-order chi connectivity index (χ1) is 7.64. The largest absolute Gasteiger partial charge is 0.389 e. The molecule has 4 heteroatoms. The first kappa shape index (κ1) is 13.9. The molecule has 0 radical (unpaired) electrons. The average molecular weight is 230 g/mol. The Morgan fingerprint density at radius 1 is 1.50 bits per heavy atom. The number of hydrogen-bond acceptors (Lipinski definition) is 4. The van der Waals surface area contributed by atoms with Gasteiger partial charge in [-0.25, -0.2) is 0 Å². The first-order valence-electron chi connectivity index (χ1n) is 6.29. The van der Waals surface area contributed by atoms with Gasteiger partial charge in [0.1, 0.15) is 0 Å². The summed E-state index contributed by atoms with van der Waals surface area (Å²) in [4.78, 5) is 0. The SMILES string of the molecule is COCCC(C)(O)CNCC1CCCCN1. The van der Waals surface area contributed by atoms with Gasteiger partial charge in [-0.2, -0.15) is 0 Å². The third-order valence-corrected chi connectivity index (χ3v) is 3.15. The lowest BCUT2D eigenvalue weighted by Crippen LogP contribution is -2.46. The van der Waals surface area contributed by atoms with E-state index in [1.165, 1.54) is 19.3 Å². The van der Waals surface area contributed by atoms with Crippen LogP contribution in [0.3, 0.4) is 0 Å². The van der Waals surface area contributed by atoms with E-state index in [0.29, 0.717) is 25.6 Å². The van der Waals surface area contributed by atoms with Crippen LogP contribution in [-0.4, -0.2) is 50.1 Å². The number of methoxy groups -OCH3 is 1. The van der Waals surface area contributed by atoms with Crippen molar-refractivity contribution >= 4 is 0 Å². The van der Waals surface area contributed by atoms with E-state index in [2.05, 4.69) is 10.6 Å². The second kappa shape index (κ2) is 7.22. The molecule has 1 fully saturated rings. The van der Waals surface area contributed by atoms with Gasteiger partial charge in [0.25, 0.3) is 0 Å². The Kier molecular flexibility index (Phi) is 6.28. The summed E-state index contributed by atoms with van der Waals surface area (Å²) in [6.45, 7) is 5.17. The Hall–Kier alpha value is -0.160. The van der Waals surface area contributed by atoms with E-state index in [1.54, 1.807) is 7.11 Å². The van der Waals surface area contributed by atoms with Crippen LogP contribution in [0, 0.1) is 0 Å². The maximum Gasteiger partial charge on any atom is 0.0765 e. The van der Waals surface area contributed by atoms with E-state index < -0.39 is 5.60 Å². The van der Waals surface area contributed by atoms with Crippen molar-refractivity contribution in [2.75, 3.05) is 33.4 Å². The zero-order valence-corrected chi connectivity index (χ0v) is 10.6. The van der Waals surface area contributed by atoms with E-state index in [-0.39, 0.29) is 0 Å².